The van der Waals surface area contributed by atoms with Crippen LogP contribution in [0.25, 0.3) is 0 Å². The van der Waals surface area contributed by atoms with Gasteiger partial charge in [0.1, 0.15) is 5.82 Å². The van der Waals surface area contributed by atoms with Gasteiger partial charge in [-0.3, -0.25) is 9.59 Å². The Labute approximate surface area is 178 Å². The SMILES string of the molecule is CC(Sc1cccc(NC(=O)Cc2ccc(Cl)cc2)c1)C(=O)Nc1ccccn1. The molecule has 0 radical (unpaired) electrons. The summed E-state index contributed by atoms with van der Waals surface area (Å²) in [6.07, 6.45) is 1.89. The molecular weight excluding hydrogens is 406 g/mol. The summed E-state index contributed by atoms with van der Waals surface area (Å²) in [4.78, 5) is 29.6. The van der Waals surface area contributed by atoms with Crippen molar-refractivity contribution in [3.05, 3.63) is 83.5 Å². The Balaban J connectivity index is 1.56. The lowest BCUT2D eigenvalue weighted by atomic mass is 10.1. The summed E-state index contributed by atoms with van der Waals surface area (Å²) in [5, 5.41) is 6.00. The van der Waals surface area contributed by atoms with Crippen LogP contribution in [0.4, 0.5) is 11.5 Å². The molecule has 3 aromatic rings. The van der Waals surface area contributed by atoms with Gasteiger partial charge in [0.2, 0.25) is 11.8 Å². The monoisotopic (exact) mass is 425 g/mol. The minimum atomic E-state index is -0.322. The van der Waals surface area contributed by atoms with Crippen molar-refractivity contribution < 1.29 is 9.59 Å². The number of anilines is 2. The van der Waals surface area contributed by atoms with Crippen LogP contribution >= 0.6 is 23.4 Å². The Hall–Kier alpha value is -2.83. The number of benzene rings is 2. The predicted octanol–water partition coefficient (Wildman–Crippen LogP) is 5.04. The minimum absolute atomic E-state index is 0.115. The molecule has 3 rings (SSSR count). The molecule has 2 amide bonds. The van der Waals surface area contributed by atoms with Gasteiger partial charge in [-0.25, -0.2) is 4.98 Å². The molecule has 0 spiro atoms. The molecule has 148 valence electrons. The van der Waals surface area contributed by atoms with Crippen molar-refractivity contribution in [3.8, 4) is 0 Å². The highest BCUT2D eigenvalue weighted by molar-refractivity contribution is 8.00. The van der Waals surface area contributed by atoms with Crippen molar-refractivity contribution in [1.82, 2.24) is 4.98 Å². The maximum Gasteiger partial charge on any atom is 0.238 e. The van der Waals surface area contributed by atoms with E-state index in [1.807, 2.05) is 49.4 Å². The van der Waals surface area contributed by atoms with Crippen LogP contribution in [0.2, 0.25) is 5.02 Å². The van der Waals surface area contributed by atoms with E-state index in [1.165, 1.54) is 11.8 Å². The standard InChI is InChI=1S/C22H20ClN3O2S/c1-15(22(28)26-20-7-2-3-12-24-20)29-19-6-4-5-18(14-19)25-21(27)13-16-8-10-17(23)11-9-16/h2-12,14-15H,13H2,1H3,(H,25,27)(H,24,26,28). The van der Waals surface area contributed by atoms with Crippen LogP contribution in [0.5, 0.6) is 0 Å². The Morgan fingerprint density at radius 1 is 1.03 bits per heavy atom. The van der Waals surface area contributed by atoms with E-state index in [1.54, 1.807) is 30.5 Å². The summed E-state index contributed by atoms with van der Waals surface area (Å²) >= 11 is 7.28. The number of carbonyl (C=O) groups excluding carboxylic acids is 2. The average Bonchev–Trinajstić information content (AvgIpc) is 2.70. The summed E-state index contributed by atoms with van der Waals surface area (Å²) in [7, 11) is 0. The number of amides is 2. The largest absolute Gasteiger partial charge is 0.326 e. The van der Waals surface area contributed by atoms with Crippen LogP contribution in [-0.2, 0) is 16.0 Å². The summed E-state index contributed by atoms with van der Waals surface area (Å²) in [6.45, 7) is 1.83. The Bertz CT molecular complexity index is 981. The molecule has 0 aliphatic heterocycles. The van der Waals surface area contributed by atoms with E-state index in [4.69, 9.17) is 11.6 Å². The molecular formula is C22H20ClN3O2S. The van der Waals surface area contributed by atoms with Crippen LogP contribution in [-0.4, -0.2) is 22.0 Å². The van der Waals surface area contributed by atoms with Crippen molar-refractivity contribution in [2.45, 2.75) is 23.5 Å². The quantitative estimate of drug-likeness (QED) is 0.520. The van der Waals surface area contributed by atoms with E-state index < -0.39 is 0 Å². The van der Waals surface area contributed by atoms with Gasteiger partial charge < -0.3 is 10.6 Å². The van der Waals surface area contributed by atoms with Crippen molar-refractivity contribution in [2.24, 2.45) is 0 Å². The van der Waals surface area contributed by atoms with Gasteiger partial charge >= 0.3 is 0 Å². The van der Waals surface area contributed by atoms with Gasteiger partial charge in [-0.2, -0.15) is 0 Å². The van der Waals surface area contributed by atoms with Gasteiger partial charge in [0.05, 0.1) is 11.7 Å². The van der Waals surface area contributed by atoms with Crippen LogP contribution in [0.1, 0.15) is 12.5 Å². The third-order valence-corrected chi connectivity index (χ3v) is 5.34. The minimum Gasteiger partial charge on any atom is -0.326 e. The van der Waals surface area contributed by atoms with Crippen LogP contribution in [0.15, 0.2) is 77.8 Å². The van der Waals surface area contributed by atoms with Crippen LogP contribution in [0.3, 0.4) is 0 Å². The zero-order valence-electron chi connectivity index (χ0n) is 15.8. The number of rotatable bonds is 7. The first-order valence-corrected chi connectivity index (χ1v) is 10.3. The van der Waals surface area contributed by atoms with Crippen LogP contribution < -0.4 is 10.6 Å². The highest BCUT2D eigenvalue weighted by atomic mass is 35.5. The average molecular weight is 426 g/mol. The molecule has 0 fully saturated rings. The molecule has 0 saturated heterocycles. The van der Waals surface area contributed by atoms with Crippen LogP contribution in [0, 0.1) is 0 Å². The maximum absolute atomic E-state index is 12.4. The summed E-state index contributed by atoms with van der Waals surface area (Å²) in [5.74, 6) is 0.273. The zero-order chi connectivity index (χ0) is 20.6. The summed E-state index contributed by atoms with van der Waals surface area (Å²) in [6, 6.07) is 20.0. The predicted molar refractivity (Wildman–Crippen MR) is 118 cm³/mol. The van der Waals surface area contributed by atoms with Crippen molar-refractivity contribution in [2.75, 3.05) is 10.6 Å². The fourth-order valence-corrected chi connectivity index (χ4v) is 3.61. The zero-order valence-corrected chi connectivity index (χ0v) is 17.3. The fourth-order valence-electron chi connectivity index (χ4n) is 2.56. The van der Waals surface area contributed by atoms with E-state index in [0.717, 1.165) is 10.5 Å². The number of hydrogen-bond acceptors (Lipinski definition) is 4. The topological polar surface area (TPSA) is 71.1 Å². The lowest BCUT2D eigenvalue weighted by Gasteiger charge is -2.12. The Morgan fingerprint density at radius 3 is 2.55 bits per heavy atom. The molecule has 0 aliphatic carbocycles. The highest BCUT2D eigenvalue weighted by Gasteiger charge is 2.15. The molecule has 1 heterocycles. The highest BCUT2D eigenvalue weighted by Crippen LogP contribution is 2.26. The molecule has 0 aliphatic rings. The molecule has 7 heteroatoms. The second kappa shape index (κ2) is 10.1. The van der Waals surface area contributed by atoms with Crippen molar-refractivity contribution >= 4 is 46.7 Å². The van der Waals surface area contributed by atoms with E-state index in [2.05, 4.69) is 15.6 Å². The Morgan fingerprint density at radius 2 is 1.83 bits per heavy atom. The second-order valence-electron chi connectivity index (χ2n) is 6.34. The lowest BCUT2D eigenvalue weighted by molar-refractivity contribution is -0.116. The number of thioether (sulfide) groups is 1. The molecule has 29 heavy (non-hydrogen) atoms. The smallest absolute Gasteiger partial charge is 0.238 e. The van der Waals surface area contributed by atoms with Gasteiger partial charge in [-0.1, -0.05) is 35.9 Å². The molecule has 0 bridgehead atoms. The number of halogens is 1. The molecule has 1 atom stereocenters. The van der Waals surface area contributed by atoms with Gasteiger partial charge in [0, 0.05) is 21.8 Å². The molecule has 2 aromatic carbocycles. The first kappa shape index (κ1) is 20.9. The maximum atomic E-state index is 12.4. The van der Waals surface area contributed by atoms with E-state index >= 15 is 0 Å². The first-order chi connectivity index (χ1) is 14.0. The third-order valence-electron chi connectivity index (χ3n) is 3.99. The second-order valence-corrected chi connectivity index (χ2v) is 8.19. The number of carbonyl (C=O) groups is 2. The molecule has 1 unspecified atom stereocenters. The lowest BCUT2D eigenvalue weighted by Crippen LogP contribution is -2.22. The normalized spacial score (nSPS) is 11.5. The first-order valence-electron chi connectivity index (χ1n) is 9.02. The van der Waals surface area contributed by atoms with Gasteiger partial charge in [0.15, 0.2) is 0 Å². The fraction of sp³-hybridized carbons (Fsp3) is 0.136. The van der Waals surface area contributed by atoms with Gasteiger partial charge in [-0.05, 0) is 55.0 Å². The van der Waals surface area contributed by atoms with Gasteiger partial charge in [-0.15, -0.1) is 11.8 Å². The number of nitrogens with one attached hydrogen (secondary N) is 2. The van der Waals surface area contributed by atoms with E-state index in [9.17, 15) is 9.59 Å². The Kier molecular flexibility index (Phi) is 7.27. The van der Waals surface area contributed by atoms with E-state index in [0.29, 0.717) is 16.5 Å². The number of pyridine rings is 1. The summed E-state index contributed by atoms with van der Waals surface area (Å²) in [5.41, 5.74) is 1.57. The van der Waals surface area contributed by atoms with E-state index in [-0.39, 0.29) is 23.5 Å². The van der Waals surface area contributed by atoms with Crippen molar-refractivity contribution in [1.29, 1.82) is 0 Å². The molecule has 0 saturated carbocycles. The number of hydrogen-bond donors (Lipinski definition) is 2. The molecule has 1 aromatic heterocycles. The number of aromatic nitrogens is 1. The van der Waals surface area contributed by atoms with Gasteiger partial charge in [0.25, 0.3) is 0 Å². The molecule has 5 nitrogen and oxygen atoms in total. The third kappa shape index (κ3) is 6.62. The molecule has 2 N–H and O–H groups in total. The summed E-state index contributed by atoms with van der Waals surface area (Å²) < 4.78 is 0. The van der Waals surface area contributed by atoms with Crippen molar-refractivity contribution in [3.63, 3.8) is 0 Å². The number of nitrogens with zero attached hydrogens (tertiary/aromatic N) is 1.